The van der Waals surface area contributed by atoms with E-state index in [2.05, 4.69) is 4.90 Å². The van der Waals surface area contributed by atoms with Gasteiger partial charge in [-0.3, -0.25) is 4.79 Å². The first-order valence-corrected chi connectivity index (χ1v) is 8.78. The van der Waals surface area contributed by atoms with Crippen molar-refractivity contribution in [2.24, 2.45) is 0 Å². The molecule has 6 nitrogen and oxygen atoms in total. The molecular formula is C20H15F3N2O4. The van der Waals surface area contributed by atoms with Crippen LogP contribution >= 0.6 is 0 Å². The van der Waals surface area contributed by atoms with Gasteiger partial charge in [-0.1, -0.05) is 0 Å². The number of halogens is 3. The number of rotatable bonds is 3. The molecule has 0 atom stereocenters. The number of aromatic nitrogens is 1. The van der Waals surface area contributed by atoms with Crippen molar-refractivity contribution in [2.75, 3.05) is 31.2 Å². The number of carboxylic acids is 1. The van der Waals surface area contributed by atoms with E-state index in [4.69, 9.17) is 4.74 Å². The van der Waals surface area contributed by atoms with Crippen LogP contribution < -0.4 is 10.3 Å². The molecule has 1 saturated heterocycles. The van der Waals surface area contributed by atoms with E-state index >= 15 is 0 Å². The van der Waals surface area contributed by atoms with Crippen LogP contribution in [0.3, 0.4) is 0 Å². The second kappa shape index (κ2) is 7.25. The van der Waals surface area contributed by atoms with Crippen LogP contribution in [-0.2, 0) is 4.74 Å². The summed E-state index contributed by atoms with van der Waals surface area (Å²) in [5.41, 5.74) is -1.14. The normalized spacial score (nSPS) is 14.4. The molecule has 2 heterocycles. The minimum absolute atomic E-state index is 0.291. The fraction of sp³-hybridized carbons (Fsp3) is 0.200. The third-order valence-electron chi connectivity index (χ3n) is 4.86. The minimum atomic E-state index is -1.74. The third-order valence-corrected chi connectivity index (χ3v) is 4.86. The van der Waals surface area contributed by atoms with Crippen LogP contribution in [0.2, 0.25) is 0 Å². The molecule has 1 aromatic heterocycles. The first kappa shape index (κ1) is 19.0. The number of aromatic carboxylic acids is 1. The molecule has 0 amide bonds. The molecule has 0 aliphatic carbocycles. The number of pyridine rings is 1. The predicted molar refractivity (Wildman–Crippen MR) is 99.4 cm³/mol. The quantitative estimate of drug-likeness (QED) is 0.680. The number of fused-ring (bicyclic) bond motifs is 1. The van der Waals surface area contributed by atoms with Gasteiger partial charge in [0, 0.05) is 30.7 Å². The fourth-order valence-corrected chi connectivity index (χ4v) is 3.39. The molecule has 29 heavy (non-hydrogen) atoms. The molecular weight excluding hydrogens is 389 g/mol. The highest BCUT2D eigenvalue weighted by molar-refractivity contribution is 5.93. The molecule has 0 saturated carbocycles. The fourth-order valence-electron chi connectivity index (χ4n) is 3.39. The number of carboxylic acid groups (broad SMARTS) is 1. The van der Waals surface area contributed by atoms with Gasteiger partial charge in [0.15, 0.2) is 17.5 Å². The molecule has 2 aromatic carbocycles. The van der Waals surface area contributed by atoms with E-state index in [1.807, 2.05) is 0 Å². The lowest BCUT2D eigenvalue weighted by atomic mass is 10.1. The van der Waals surface area contributed by atoms with Crippen LogP contribution in [0, 0.1) is 17.5 Å². The van der Waals surface area contributed by atoms with Gasteiger partial charge in [0.05, 0.1) is 24.1 Å². The highest BCUT2D eigenvalue weighted by Crippen LogP contribution is 2.26. The molecule has 0 radical (unpaired) electrons. The lowest BCUT2D eigenvalue weighted by molar-refractivity contribution is 0.0695. The molecule has 4 rings (SSSR count). The van der Waals surface area contributed by atoms with E-state index in [9.17, 15) is 27.9 Å². The number of morpholine rings is 1. The molecule has 0 unspecified atom stereocenters. The maximum atomic E-state index is 14.5. The zero-order valence-corrected chi connectivity index (χ0v) is 15.0. The summed E-state index contributed by atoms with van der Waals surface area (Å²) >= 11 is 0. The van der Waals surface area contributed by atoms with Gasteiger partial charge in [-0.25, -0.2) is 18.0 Å². The zero-order chi connectivity index (χ0) is 20.7. The minimum Gasteiger partial charge on any atom is -0.477 e. The van der Waals surface area contributed by atoms with Gasteiger partial charge < -0.3 is 19.3 Å². The van der Waals surface area contributed by atoms with Crippen LogP contribution in [0.4, 0.5) is 18.9 Å². The van der Waals surface area contributed by atoms with Crippen molar-refractivity contribution < 1.29 is 27.8 Å². The number of benzene rings is 2. The Bertz CT molecular complexity index is 1170. The van der Waals surface area contributed by atoms with Crippen LogP contribution in [0.15, 0.2) is 41.3 Å². The molecule has 1 aliphatic rings. The molecule has 9 heteroatoms. The molecule has 0 spiro atoms. The topological polar surface area (TPSA) is 71.8 Å². The van der Waals surface area contributed by atoms with Gasteiger partial charge in [0.2, 0.25) is 5.43 Å². The van der Waals surface area contributed by atoms with Gasteiger partial charge in [-0.2, -0.15) is 0 Å². The highest BCUT2D eigenvalue weighted by atomic mass is 19.2. The van der Waals surface area contributed by atoms with E-state index in [1.165, 1.54) is 0 Å². The Hall–Kier alpha value is -3.33. The van der Waals surface area contributed by atoms with Crippen molar-refractivity contribution in [1.82, 2.24) is 4.57 Å². The summed E-state index contributed by atoms with van der Waals surface area (Å²) in [6, 6.07) is 7.16. The number of carbonyl (C=O) groups is 1. The van der Waals surface area contributed by atoms with Crippen molar-refractivity contribution in [3.63, 3.8) is 0 Å². The molecule has 0 bridgehead atoms. The average Bonchev–Trinajstić information content (AvgIpc) is 2.73. The van der Waals surface area contributed by atoms with Crippen molar-refractivity contribution in [2.45, 2.75) is 0 Å². The lowest BCUT2D eigenvalue weighted by Gasteiger charge is -2.29. The van der Waals surface area contributed by atoms with Crippen LogP contribution in [-0.4, -0.2) is 41.9 Å². The summed E-state index contributed by atoms with van der Waals surface area (Å²) in [6.07, 6.45) is 0.914. The Balaban J connectivity index is 1.92. The summed E-state index contributed by atoms with van der Waals surface area (Å²) in [7, 11) is 0. The van der Waals surface area contributed by atoms with E-state index in [-0.39, 0.29) is 0 Å². The predicted octanol–water partition coefficient (Wildman–Crippen LogP) is 2.94. The summed E-state index contributed by atoms with van der Waals surface area (Å²) in [5, 5.41) is 8.75. The number of hydrogen-bond acceptors (Lipinski definition) is 4. The van der Waals surface area contributed by atoms with E-state index in [1.54, 1.807) is 24.3 Å². The third kappa shape index (κ3) is 3.23. The van der Waals surface area contributed by atoms with Crippen molar-refractivity contribution in [3.05, 3.63) is 69.8 Å². The van der Waals surface area contributed by atoms with Gasteiger partial charge in [0.1, 0.15) is 5.56 Å². The second-order valence-corrected chi connectivity index (χ2v) is 6.55. The molecule has 1 N–H and O–H groups in total. The van der Waals surface area contributed by atoms with Crippen molar-refractivity contribution in [3.8, 4) is 5.69 Å². The Morgan fingerprint density at radius 2 is 1.62 bits per heavy atom. The number of nitrogens with zero attached hydrogens (tertiary/aromatic N) is 2. The van der Waals surface area contributed by atoms with Crippen LogP contribution in [0.25, 0.3) is 16.6 Å². The van der Waals surface area contributed by atoms with Gasteiger partial charge in [0.25, 0.3) is 0 Å². The SMILES string of the molecule is O=C(O)c1cn(-c2ccc(N3CCOCC3)cc2)c2c(F)c(F)c(F)cc2c1=O. The maximum absolute atomic E-state index is 14.5. The largest absolute Gasteiger partial charge is 0.477 e. The Morgan fingerprint density at radius 1 is 1.00 bits per heavy atom. The highest BCUT2D eigenvalue weighted by Gasteiger charge is 2.23. The van der Waals surface area contributed by atoms with Crippen molar-refractivity contribution >= 4 is 22.6 Å². The van der Waals surface area contributed by atoms with Gasteiger partial charge in [-0.05, 0) is 30.3 Å². The van der Waals surface area contributed by atoms with Gasteiger partial charge in [-0.15, -0.1) is 0 Å². The number of ether oxygens (including phenoxy) is 1. The van der Waals surface area contributed by atoms with Crippen LogP contribution in [0.1, 0.15) is 10.4 Å². The molecule has 1 fully saturated rings. The summed E-state index contributed by atoms with van der Waals surface area (Å²) in [5.74, 6) is -6.42. The summed E-state index contributed by atoms with van der Waals surface area (Å²) < 4.78 is 48.4. The summed E-state index contributed by atoms with van der Waals surface area (Å²) in [6.45, 7) is 2.57. The number of anilines is 1. The van der Waals surface area contributed by atoms with E-state index < -0.39 is 45.3 Å². The molecule has 1 aliphatic heterocycles. The molecule has 150 valence electrons. The summed E-state index contributed by atoms with van der Waals surface area (Å²) in [4.78, 5) is 25.9. The number of hydrogen-bond donors (Lipinski definition) is 1. The Morgan fingerprint density at radius 3 is 2.24 bits per heavy atom. The smallest absolute Gasteiger partial charge is 0.341 e. The van der Waals surface area contributed by atoms with E-state index in [0.29, 0.717) is 38.1 Å². The Labute approximate surface area is 162 Å². The first-order chi connectivity index (χ1) is 13.9. The van der Waals surface area contributed by atoms with E-state index in [0.717, 1.165) is 16.5 Å². The van der Waals surface area contributed by atoms with Crippen LogP contribution in [0.5, 0.6) is 0 Å². The maximum Gasteiger partial charge on any atom is 0.341 e. The zero-order valence-electron chi connectivity index (χ0n) is 15.0. The van der Waals surface area contributed by atoms with Gasteiger partial charge >= 0.3 is 5.97 Å². The average molecular weight is 404 g/mol. The molecule has 3 aromatic rings. The Kier molecular flexibility index (Phi) is 4.75. The first-order valence-electron chi connectivity index (χ1n) is 8.78. The lowest BCUT2D eigenvalue weighted by Crippen LogP contribution is -2.36. The van der Waals surface area contributed by atoms with Crippen molar-refractivity contribution in [1.29, 1.82) is 0 Å². The standard InChI is InChI=1S/C20H15F3N2O4/c21-15-9-13-18(17(23)16(15)22)25(10-14(19(13)26)20(27)28)12-3-1-11(2-4-12)24-5-7-29-8-6-24/h1-4,9-10H,5-8H2,(H,27,28). The monoisotopic (exact) mass is 404 g/mol. The second-order valence-electron chi connectivity index (χ2n) is 6.55.